The van der Waals surface area contributed by atoms with Crippen molar-refractivity contribution < 1.29 is 19.1 Å². The van der Waals surface area contributed by atoms with Crippen molar-refractivity contribution in [1.29, 1.82) is 0 Å². The molecule has 0 amide bonds. The van der Waals surface area contributed by atoms with E-state index in [1.54, 1.807) is 25.1 Å². The van der Waals surface area contributed by atoms with Gasteiger partial charge in [0.25, 0.3) is 0 Å². The van der Waals surface area contributed by atoms with Gasteiger partial charge >= 0.3 is 11.9 Å². The van der Waals surface area contributed by atoms with Crippen LogP contribution in [0.1, 0.15) is 18.4 Å². The van der Waals surface area contributed by atoms with E-state index in [9.17, 15) is 9.59 Å². The number of hydrogen-bond donors (Lipinski definition) is 0. The molecule has 0 N–H and O–H groups in total. The molecule has 110 valence electrons. The van der Waals surface area contributed by atoms with Gasteiger partial charge in [-0.3, -0.25) is 9.59 Å². The number of halogens is 3. The van der Waals surface area contributed by atoms with Crippen LogP contribution in [0.25, 0.3) is 0 Å². The minimum absolute atomic E-state index is 0.0872. The average molecular weight is 340 g/mol. The third kappa shape index (κ3) is 6.46. The molecular formula is C13H13Cl3O4. The van der Waals surface area contributed by atoms with Crippen LogP contribution < -0.4 is 4.74 Å². The third-order valence-electron chi connectivity index (χ3n) is 2.26. The first-order chi connectivity index (χ1) is 9.38. The number of ether oxygens (including phenoxy) is 2. The molecule has 0 radical (unpaired) electrons. The molecule has 7 heteroatoms. The van der Waals surface area contributed by atoms with Crippen molar-refractivity contribution in [2.45, 2.75) is 24.6 Å². The summed E-state index contributed by atoms with van der Waals surface area (Å²) in [7, 11) is 0. The van der Waals surface area contributed by atoms with Crippen LogP contribution in [0.4, 0.5) is 0 Å². The first-order valence-electron chi connectivity index (χ1n) is 5.79. The maximum absolute atomic E-state index is 11.6. The van der Waals surface area contributed by atoms with Gasteiger partial charge in [0, 0.05) is 5.02 Å². The second-order valence-corrected chi connectivity index (χ2v) is 5.67. The van der Waals surface area contributed by atoms with Gasteiger partial charge in [-0.05, 0) is 30.7 Å². The summed E-state index contributed by atoms with van der Waals surface area (Å²) in [5.41, 5.74) is 0.737. The van der Waals surface area contributed by atoms with Gasteiger partial charge in [-0.15, -0.1) is 23.2 Å². The van der Waals surface area contributed by atoms with Crippen molar-refractivity contribution in [1.82, 2.24) is 0 Å². The summed E-state index contributed by atoms with van der Waals surface area (Å²) in [6, 6.07) is 4.89. The summed E-state index contributed by atoms with van der Waals surface area (Å²) < 4.78 is 9.83. The van der Waals surface area contributed by atoms with E-state index in [4.69, 9.17) is 44.3 Å². The van der Waals surface area contributed by atoms with Gasteiger partial charge in [0.05, 0.1) is 12.8 Å². The number of carbonyl (C=O) groups excluding carboxylic acids is 2. The van der Waals surface area contributed by atoms with Gasteiger partial charge in [-0.2, -0.15) is 0 Å². The first kappa shape index (κ1) is 17.1. The van der Waals surface area contributed by atoms with Crippen LogP contribution in [0.2, 0.25) is 5.02 Å². The number of alkyl halides is 2. The Morgan fingerprint density at radius 1 is 1.20 bits per heavy atom. The SMILES string of the molecule is Cc1cc(Cl)ccc1OC(=O)CCC(=O)OCC(Cl)Cl. The lowest BCUT2D eigenvalue weighted by molar-refractivity contribution is -0.146. The minimum Gasteiger partial charge on any atom is -0.463 e. The molecule has 1 rings (SSSR count). The van der Waals surface area contributed by atoms with E-state index in [0.717, 1.165) is 5.56 Å². The van der Waals surface area contributed by atoms with Crippen LogP contribution in [-0.4, -0.2) is 23.4 Å². The molecular weight excluding hydrogens is 326 g/mol. The van der Waals surface area contributed by atoms with Gasteiger partial charge in [0.15, 0.2) is 0 Å². The molecule has 0 saturated heterocycles. The van der Waals surface area contributed by atoms with Crippen LogP contribution in [-0.2, 0) is 14.3 Å². The Hall–Kier alpha value is -0.970. The molecule has 0 atom stereocenters. The lowest BCUT2D eigenvalue weighted by Crippen LogP contribution is -2.14. The van der Waals surface area contributed by atoms with Crippen LogP contribution >= 0.6 is 34.8 Å². The Labute approximate surface area is 131 Å². The molecule has 20 heavy (non-hydrogen) atoms. The monoisotopic (exact) mass is 338 g/mol. The van der Waals surface area contributed by atoms with Gasteiger partial charge in [0.1, 0.15) is 17.2 Å². The molecule has 0 fully saturated rings. The predicted molar refractivity (Wildman–Crippen MR) is 77.5 cm³/mol. The molecule has 0 aliphatic heterocycles. The molecule has 1 aromatic rings. The maximum Gasteiger partial charge on any atom is 0.311 e. The van der Waals surface area contributed by atoms with E-state index in [-0.39, 0.29) is 19.4 Å². The molecule has 0 aliphatic rings. The van der Waals surface area contributed by atoms with Gasteiger partial charge < -0.3 is 9.47 Å². The topological polar surface area (TPSA) is 52.6 Å². The quantitative estimate of drug-likeness (QED) is 0.451. The molecule has 0 aromatic heterocycles. The minimum atomic E-state index is -0.775. The summed E-state index contributed by atoms with van der Waals surface area (Å²) in [6.45, 7) is 1.66. The van der Waals surface area contributed by atoms with Gasteiger partial charge in [-0.25, -0.2) is 0 Å². The summed E-state index contributed by atoms with van der Waals surface area (Å²) >= 11 is 16.6. The fourth-order valence-electron chi connectivity index (χ4n) is 1.33. The highest BCUT2D eigenvalue weighted by molar-refractivity contribution is 6.44. The summed E-state index contributed by atoms with van der Waals surface area (Å²) in [6.07, 6.45) is -0.178. The zero-order chi connectivity index (χ0) is 15.1. The number of benzene rings is 1. The molecule has 0 aliphatic carbocycles. The van der Waals surface area contributed by atoms with Crippen LogP contribution in [0.3, 0.4) is 0 Å². The van der Waals surface area contributed by atoms with Gasteiger partial charge in [0.2, 0.25) is 0 Å². The molecule has 0 spiro atoms. The lowest BCUT2D eigenvalue weighted by Gasteiger charge is -2.08. The second-order valence-electron chi connectivity index (χ2n) is 3.96. The molecule has 0 heterocycles. The fourth-order valence-corrected chi connectivity index (χ4v) is 1.69. The molecule has 0 bridgehead atoms. The van der Waals surface area contributed by atoms with E-state index in [1.807, 2.05) is 0 Å². The van der Waals surface area contributed by atoms with E-state index in [2.05, 4.69) is 0 Å². The number of aryl methyl sites for hydroxylation is 1. The van der Waals surface area contributed by atoms with E-state index >= 15 is 0 Å². The Morgan fingerprint density at radius 3 is 2.45 bits per heavy atom. The Bertz CT molecular complexity index is 489. The number of esters is 2. The Morgan fingerprint density at radius 2 is 1.85 bits per heavy atom. The van der Waals surface area contributed by atoms with Crippen molar-refractivity contribution in [2.75, 3.05) is 6.61 Å². The normalized spacial score (nSPS) is 10.4. The highest BCUT2D eigenvalue weighted by atomic mass is 35.5. The number of carbonyl (C=O) groups is 2. The van der Waals surface area contributed by atoms with Crippen LogP contribution in [0, 0.1) is 6.92 Å². The number of rotatable bonds is 6. The largest absolute Gasteiger partial charge is 0.463 e. The predicted octanol–water partition coefficient (Wildman–Crippen LogP) is 3.68. The van der Waals surface area contributed by atoms with E-state index < -0.39 is 16.8 Å². The standard InChI is InChI=1S/C13H13Cl3O4/c1-8-6-9(14)2-3-10(8)20-13(18)5-4-12(17)19-7-11(15)16/h2-3,6,11H,4-5,7H2,1H3. The molecule has 0 saturated carbocycles. The Kier molecular flexibility index (Phi) is 7.13. The first-order valence-corrected chi connectivity index (χ1v) is 7.04. The highest BCUT2D eigenvalue weighted by Crippen LogP contribution is 2.22. The van der Waals surface area contributed by atoms with Crippen molar-refractivity contribution in [3.05, 3.63) is 28.8 Å². The summed E-state index contributed by atoms with van der Waals surface area (Å²) in [4.78, 5) is 22.1. The third-order valence-corrected chi connectivity index (χ3v) is 2.75. The summed E-state index contributed by atoms with van der Waals surface area (Å²) in [5, 5.41) is 0.558. The zero-order valence-corrected chi connectivity index (χ0v) is 13.0. The smallest absolute Gasteiger partial charge is 0.311 e. The van der Waals surface area contributed by atoms with Crippen molar-refractivity contribution in [3.63, 3.8) is 0 Å². The van der Waals surface area contributed by atoms with Crippen molar-refractivity contribution in [3.8, 4) is 5.75 Å². The van der Waals surface area contributed by atoms with E-state index in [0.29, 0.717) is 10.8 Å². The zero-order valence-electron chi connectivity index (χ0n) is 10.7. The van der Waals surface area contributed by atoms with Crippen LogP contribution in [0.5, 0.6) is 5.75 Å². The van der Waals surface area contributed by atoms with Gasteiger partial charge in [-0.1, -0.05) is 11.6 Å². The average Bonchev–Trinajstić information content (AvgIpc) is 2.37. The molecule has 0 unspecified atom stereocenters. The highest BCUT2D eigenvalue weighted by Gasteiger charge is 2.12. The maximum atomic E-state index is 11.6. The fraction of sp³-hybridized carbons (Fsp3) is 0.385. The van der Waals surface area contributed by atoms with Crippen LogP contribution in [0.15, 0.2) is 18.2 Å². The lowest BCUT2D eigenvalue weighted by atomic mass is 10.2. The second kappa shape index (κ2) is 8.35. The van der Waals surface area contributed by atoms with E-state index in [1.165, 1.54) is 0 Å². The van der Waals surface area contributed by atoms with Crippen molar-refractivity contribution >= 4 is 46.7 Å². The molecule has 4 nitrogen and oxygen atoms in total. The number of hydrogen-bond acceptors (Lipinski definition) is 4. The van der Waals surface area contributed by atoms with Crippen molar-refractivity contribution in [2.24, 2.45) is 0 Å². The molecule has 1 aromatic carbocycles. The summed E-state index contributed by atoms with van der Waals surface area (Å²) in [5.74, 6) is -0.670. The Balaban J connectivity index is 2.38.